The van der Waals surface area contributed by atoms with E-state index in [9.17, 15) is 4.79 Å². The number of rotatable bonds is 6. The first-order valence-electron chi connectivity index (χ1n) is 6.67. The van der Waals surface area contributed by atoms with Crippen molar-refractivity contribution in [2.75, 3.05) is 26.2 Å². The lowest BCUT2D eigenvalue weighted by Gasteiger charge is -2.38. The highest BCUT2D eigenvalue weighted by Gasteiger charge is 2.29. The Kier molecular flexibility index (Phi) is 5.92. The first kappa shape index (κ1) is 14.5. The largest absolute Gasteiger partial charge is 0.372 e. The molecule has 1 rings (SSSR count). The number of unbranched alkanes of at least 4 members (excludes halogenated alkanes) is 3. The number of ether oxygens (including phenoxy) is 1. The second-order valence-electron chi connectivity index (χ2n) is 5.38. The zero-order chi connectivity index (χ0) is 12.7. The Balaban J connectivity index is 2.18. The van der Waals surface area contributed by atoms with Gasteiger partial charge in [-0.1, -0.05) is 12.8 Å². The van der Waals surface area contributed by atoms with Gasteiger partial charge in [-0.15, -0.1) is 0 Å². The molecule has 0 aromatic rings. The summed E-state index contributed by atoms with van der Waals surface area (Å²) < 4.78 is 5.60. The van der Waals surface area contributed by atoms with E-state index in [-0.39, 0.29) is 11.5 Å². The lowest BCUT2D eigenvalue weighted by atomic mass is 10.1. The predicted octanol–water partition coefficient (Wildman–Crippen LogP) is 1.53. The molecule has 100 valence electrons. The molecule has 0 atom stereocenters. The predicted molar refractivity (Wildman–Crippen MR) is 68.8 cm³/mol. The van der Waals surface area contributed by atoms with Gasteiger partial charge >= 0.3 is 0 Å². The Hall–Kier alpha value is -0.610. The number of morpholine rings is 1. The number of nitrogens with zero attached hydrogens (tertiary/aromatic N) is 1. The van der Waals surface area contributed by atoms with Crippen LogP contribution in [0.15, 0.2) is 0 Å². The molecule has 0 aromatic carbocycles. The lowest BCUT2D eigenvalue weighted by Crippen LogP contribution is -2.50. The van der Waals surface area contributed by atoms with Crippen molar-refractivity contribution in [1.82, 2.24) is 4.90 Å². The minimum atomic E-state index is -0.187. The molecule has 0 unspecified atom stereocenters. The number of carbonyl (C=O) groups excluding carboxylic acids is 1. The molecule has 1 aliphatic rings. The molecule has 0 radical (unpaired) electrons. The van der Waals surface area contributed by atoms with Crippen LogP contribution in [0.4, 0.5) is 0 Å². The first-order chi connectivity index (χ1) is 8.05. The fraction of sp³-hybridized carbons (Fsp3) is 0.923. The van der Waals surface area contributed by atoms with E-state index < -0.39 is 0 Å². The van der Waals surface area contributed by atoms with Crippen molar-refractivity contribution in [2.45, 2.75) is 51.6 Å². The monoisotopic (exact) mass is 242 g/mol. The number of hydrogen-bond donors (Lipinski definition) is 1. The number of nitrogens with two attached hydrogens (primary N) is 1. The Bertz CT molecular complexity index is 242. The van der Waals surface area contributed by atoms with Gasteiger partial charge in [0.15, 0.2) is 0 Å². The van der Waals surface area contributed by atoms with Gasteiger partial charge in [-0.25, -0.2) is 0 Å². The SMILES string of the molecule is CC1(C)CN(C(=O)CCCCCCN)CCO1. The smallest absolute Gasteiger partial charge is 0.222 e. The van der Waals surface area contributed by atoms with Crippen molar-refractivity contribution >= 4 is 5.91 Å². The zero-order valence-electron chi connectivity index (χ0n) is 11.2. The summed E-state index contributed by atoms with van der Waals surface area (Å²) in [5.74, 6) is 0.272. The molecule has 1 fully saturated rings. The maximum atomic E-state index is 12.0. The van der Waals surface area contributed by atoms with Crippen molar-refractivity contribution < 1.29 is 9.53 Å². The number of hydrogen-bond acceptors (Lipinski definition) is 3. The summed E-state index contributed by atoms with van der Waals surface area (Å²) in [6.45, 7) is 6.94. The van der Waals surface area contributed by atoms with E-state index in [1.165, 1.54) is 0 Å². The van der Waals surface area contributed by atoms with Crippen LogP contribution in [0.25, 0.3) is 0 Å². The Labute approximate surface area is 104 Å². The number of carbonyl (C=O) groups is 1. The van der Waals surface area contributed by atoms with Crippen LogP contribution >= 0.6 is 0 Å². The molecule has 17 heavy (non-hydrogen) atoms. The third-order valence-electron chi connectivity index (χ3n) is 3.12. The van der Waals surface area contributed by atoms with E-state index in [0.717, 1.165) is 38.8 Å². The normalized spacial score (nSPS) is 19.4. The van der Waals surface area contributed by atoms with Gasteiger partial charge < -0.3 is 15.4 Å². The van der Waals surface area contributed by atoms with Crippen LogP contribution in [0, 0.1) is 0 Å². The van der Waals surface area contributed by atoms with Crippen molar-refractivity contribution in [3.8, 4) is 0 Å². The van der Waals surface area contributed by atoms with Crippen LogP contribution < -0.4 is 5.73 Å². The Morgan fingerprint density at radius 3 is 2.65 bits per heavy atom. The molecule has 0 bridgehead atoms. The molecule has 1 aliphatic heterocycles. The van der Waals surface area contributed by atoms with Crippen LogP contribution in [-0.2, 0) is 9.53 Å². The van der Waals surface area contributed by atoms with E-state index in [1.54, 1.807) is 0 Å². The zero-order valence-corrected chi connectivity index (χ0v) is 11.2. The summed E-state index contributed by atoms with van der Waals surface area (Å²) in [6, 6.07) is 0. The quantitative estimate of drug-likeness (QED) is 0.719. The molecule has 0 aliphatic carbocycles. The van der Waals surface area contributed by atoms with Crippen molar-refractivity contribution in [2.24, 2.45) is 5.73 Å². The van der Waals surface area contributed by atoms with Crippen molar-refractivity contribution in [3.63, 3.8) is 0 Å². The standard InChI is InChI=1S/C13H26N2O2/c1-13(2)11-15(9-10-17-13)12(16)7-5-3-4-6-8-14/h3-11,14H2,1-2H3. The topological polar surface area (TPSA) is 55.6 Å². The van der Waals surface area contributed by atoms with Gasteiger partial charge in [0.1, 0.15) is 0 Å². The van der Waals surface area contributed by atoms with Crippen LogP contribution in [0.2, 0.25) is 0 Å². The maximum absolute atomic E-state index is 12.0. The summed E-state index contributed by atoms with van der Waals surface area (Å²) in [6.07, 6.45) is 4.96. The number of amides is 1. The maximum Gasteiger partial charge on any atom is 0.222 e. The molecule has 0 aromatic heterocycles. The highest BCUT2D eigenvalue weighted by molar-refractivity contribution is 5.76. The fourth-order valence-electron chi connectivity index (χ4n) is 2.16. The van der Waals surface area contributed by atoms with Crippen LogP contribution in [-0.4, -0.2) is 42.6 Å². The van der Waals surface area contributed by atoms with Crippen molar-refractivity contribution in [1.29, 1.82) is 0 Å². The van der Waals surface area contributed by atoms with Gasteiger partial charge in [-0.05, 0) is 33.2 Å². The molecular weight excluding hydrogens is 216 g/mol. The van der Waals surface area contributed by atoms with Crippen LogP contribution in [0.1, 0.15) is 46.0 Å². The van der Waals surface area contributed by atoms with Gasteiger partial charge in [0.05, 0.1) is 12.2 Å². The van der Waals surface area contributed by atoms with Gasteiger partial charge in [0, 0.05) is 19.5 Å². The van der Waals surface area contributed by atoms with E-state index in [2.05, 4.69) is 0 Å². The molecule has 2 N–H and O–H groups in total. The first-order valence-corrected chi connectivity index (χ1v) is 6.67. The van der Waals surface area contributed by atoms with Gasteiger partial charge in [-0.2, -0.15) is 0 Å². The van der Waals surface area contributed by atoms with E-state index in [0.29, 0.717) is 19.6 Å². The minimum Gasteiger partial charge on any atom is -0.372 e. The fourth-order valence-corrected chi connectivity index (χ4v) is 2.16. The minimum absolute atomic E-state index is 0.187. The highest BCUT2D eigenvalue weighted by atomic mass is 16.5. The molecule has 0 spiro atoms. The average molecular weight is 242 g/mol. The molecule has 4 heteroatoms. The van der Waals surface area contributed by atoms with E-state index >= 15 is 0 Å². The third-order valence-corrected chi connectivity index (χ3v) is 3.12. The highest BCUT2D eigenvalue weighted by Crippen LogP contribution is 2.17. The summed E-state index contributed by atoms with van der Waals surface area (Å²) >= 11 is 0. The summed E-state index contributed by atoms with van der Waals surface area (Å²) in [4.78, 5) is 13.9. The Morgan fingerprint density at radius 1 is 1.29 bits per heavy atom. The molecule has 1 heterocycles. The molecular formula is C13H26N2O2. The lowest BCUT2D eigenvalue weighted by molar-refractivity contribution is -0.146. The third kappa shape index (κ3) is 5.50. The second kappa shape index (κ2) is 6.97. The summed E-state index contributed by atoms with van der Waals surface area (Å²) in [5, 5.41) is 0. The molecule has 1 amide bonds. The summed E-state index contributed by atoms with van der Waals surface area (Å²) in [7, 11) is 0. The van der Waals surface area contributed by atoms with Crippen molar-refractivity contribution in [3.05, 3.63) is 0 Å². The average Bonchev–Trinajstić information content (AvgIpc) is 2.27. The van der Waals surface area contributed by atoms with E-state index in [1.807, 2.05) is 18.7 Å². The Morgan fingerprint density at radius 2 is 2.00 bits per heavy atom. The molecule has 1 saturated heterocycles. The van der Waals surface area contributed by atoms with Crippen LogP contribution in [0.5, 0.6) is 0 Å². The van der Waals surface area contributed by atoms with Gasteiger partial charge in [-0.3, -0.25) is 4.79 Å². The van der Waals surface area contributed by atoms with Gasteiger partial charge in [0.25, 0.3) is 0 Å². The van der Waals surface area contributed by atoms with Crippen LogP contribution in [0.3, 0.4) is 0 Å². The molecule has 4 nitrogen and oxygen atoms in total. The molecule has 0 saturated carbocycles. The van der Waals surface area contributed by atoms with Gasteiger partial charge in [0.2, 0.25) is 5.91 Å². The van der Waals surface area contributed by atoms with E-state index in [4.69, 9.17) is 10.5 Å². The summed E-state index contributed by atoms with van der Waals surface area (Å²) in [5.41, 5.74) is 5.24. The second-order valence-corrected chi connectivity index (χ2v) is 5.38.